The van der Waals surface area contributed by atoms with Crippen molar-refractivity contribution in [2.75, 3.05) is 11.6 Å². The van der Waals surface area contributed by atoms with E-state index in [0.717, 1.165) is 20.8 Å². The Kier molecular flexibility index (Phi) is 3.60. The summed E-state index contributed by atoms with van der Waals surface area (Å²) >= 11 is 3.16. The molecular weight excluding hydrogens is 258 g/mol. The first-order valence-electron chi connectivity index (χ1n) is 4.66. The number of carbonyl (C=O) groups excluding carboxylic acids is 1. The zero-order chi connectivity index (χ0) is 12.3. The number of carbonyl (C=O) groups is 1. The van der Waals surface area contributed by atoms with E-state index in [1.165, 1.54) is 0 Å². The maximum Gasteiger partial charge on any atom is 0.270 e. The Bertz CT molecular complexity index is 580. The summed E-state index contributed by atoms with van der Waals surface area (Å²) in [6.07, 6.45) is 2.78. The van der Waals surface area contributed by atoms with Gasteiger partial charge in [-0.15, -0.1) is 11.3 Å². The molecule has 1 heterocycles. The first-order chi connectivity index (χ1) is 8.22. The Morgan fingerprint density at radius 3 is 3.18 bits per heavy atom. The second-order valence-corrected chi connectivity index (χ2v) is 5.18. The van der Waals surface area contributed by atoms with Crippen molar-refractivity contribution in [3.05, 3.63) is 18.2 Å². The van der Waals surface area contributed by atoms with E-state index in [4.69, 9.17) is 5.21 Å². The van der Waals surface area contributed by atoms with Crippen molar-refractivity contribution >= 4 is 51.1 Å². The molecule has 0 unspecified atom stereocenters. The van der Waals surface area contributed by atoms with Crippen LogP contribution in [0.25, 0.3) is 10.2 Å². The highest BCUT2D eigenvalue weighted by Crippen LogP contribution is 2.29. The van der Waals surface area contributed by atoms with E-state index < -0.39 is 5.91 Å². The van der Waals surface area contributed by atoms with Gasteiger partial charge in [-0.2, -0.15) is 0 Å². The summed E-state index contributed by atoms with van der Waals surface area (Å²) in [4.78, 5) is 15.6. The monoisotopic (exact) mass is 267 g/mol. The minimum Gasteiger partial charge on any atom is -0.411 e. The van der Waals surface area contributed by atoms with Gasteiger partial charge in [0.15, 0.2) is 4.34 Å². The maximum absolute atomic E-state index is 11.2. The fourth-order valence-corrected chi connectivity index (χ4v) is 2.82. The molecule has 1 aromatic carbocycles. The molecule has 5 nitrogen and oxygen atoms in total. The van der Waals surface area contributed by atoms with Crippen LogP contribution >= 0.6 is 23.1 Å². The molecule has 0 saturated carbocycles. The lowest BCUT2D eigenvalue weighted by atomic mass is 10.3. The fourth-order valence-electron chi connectivity index (χ4n) is 1.30. The lowest BCUT2D eigenvalue weighted by molar-refractivity contribution is -0.110. The number of thioether (sulfide) groups is 1. The number of fused-ring (bicyclic) bond motifs is 1. The molecule has 1 aromatic heterocycles. The van der Waals surface area contributed by atoms with Crippen LogP contribution in [0.2, 0.25) is 0 Å². The summed E-state index contributed by atoms with van der Waals surface area (Å²) in [5.41, 5.74) is 1.56. The standard InChI is InChI=1S/C10H9N3O2S2/c1-16-10-13-7-3-2-6(4-8(7)17-10)12-9(14)5-11-15/h2-5,15H,1H3,(H,12,14)/b11-5-. The number of hydrogen-bond donors (Lipinski definition) is 2. The van der Waals surface area contributed by atoms with E-state index in [2.05, 4.69) is 15.5 Å². The smallest absolute Gasteiger partial charge is 0.270 e. The molecule has 88 valence electrons. The van der Waals surface area contributed by atoms with Gasteiger partial charge in [-0.1, -0.05) is 16.9 Å². The van der Waals surface area contributed by atoms with Gasteiger partial charge in [-0.05, 0) is 24.5 Å². The minimum atomic E-state index is -0.471. The molecule has 0 aliphatic rings. The molecule has 2 rings (SSSR count). The van der Waals surface area contributed by atoms with Gasteiger partial charge in [0, 0.05) is 5.69 Å². The second-order valence-electron chi connectivity index (χ2n) is 3.10. The zero-order valence-corrected chi connectivity index (χ0v) is 10.5. The summed E-state index contributed by atoms with van der Waals surface area (Å²) < 4.78 is 1.99. The molecule has 0 spiro atoms. The molecule has 0 fully saturated rings. The van der Waals surface area contributed by atoms with Crippen LogP contribution in [0.15, 0.2) is 27.7 Å². The molecule has 0 radical (unpaired) electrons. The van der Waals surface area contributed by atoms with Crippen LogP contribution in [0.1, 0.15) is 0 Å². The van der Waals surface area contributed by atoms with Crippen LogP contribution in [-0.2, 0) is 4.79 Å². The van der Waals surface area contributed by atoms with Gasteiger partial charge >= 0.3 is 0 Å². The van der Waals surface area contributed by atoms with E-state index in [1.54, 1.807) is 29.2 Å². The molecule has 0 aliphatic carbocycles. The molecule has 2 N–H and O–H groups in total. The summed E-state index contributed by atoms with van der Waals surface area (Å²) in [5, 5.41) is 13.5. The van der Waals surface area contributed by atoms with Gasteiger partial charge in [-0.25, -0.2) is 4.98 Å². The molecule has 7 heteroatoms. The number of aromatic nitrogens is 1. The van der Waals surface area contributed by atoms with E-state index in [9.17, 15) is 4.79 Å². The van der Waals surface area contributed by atoms with Crippen molar-refractivity contribution in [2.24, 2.45) is 5.16 Å². The summed E-state index contributed by atoms with van der Waals surface area (Å²) in [5.74, 6) is -0.471. The first kappa shape index (κ1) is 11.9. The van der Waals surface area contributed by atoms with Crippen LogP contribution in [0, 0.1) is 0 Å². The maximum atomic E-state index is 11.2. The number of benzene rings is 1. The highest BCUT2D eigenvalue weighted by atomic mass is 32.2. The van der Waals surface area contributed by atoms with E-state index >= 15 is 0 Å². The molecule has 0 saturated heterocycles. The van der Waals surface area contributed by atoms with Gasteiger partial charge in [-0.3, -0.25) is 4.79 Å². The molecular formula is C10H9N3O2S2. The average Bonchev–Trinajstić information content (AvgIpc) is 2.71. The third-order valence-corrected chi connectivity index (χ3v) is 3.99. The quantitative estimate of drug-likeness (QED) is 0.387. The van der Waals surface area contributed by atoms with Crippen molar-refractivity contribution in [1.82, 2.24) is 4.98 Å². The number of rotatable bonds is 3. The normalized spacial score (nSPS) is 11.1. The molecule has 2 aromatic rings. The first-order valence-corrected chi connectivity index (χ1v) is 6.70. The molecule has 1 amide bonds. The van der Waals surface area contributed by atoms with Crippen molar-refractivity contribution < 1.29 is 10.0 Å². The van der Waals surface area contributed by atoms with E-state index in [1.807, 2.05) is 18.4 Å². The van der Waals surface area contributed by atoms with Crippen LogP contribution in [-0.4, -0.2) is 28.6 Å². The van der Waals surface area contributed by atoms with Gasteiger partial charge in [0.1, 0.15) is 6.21 Å². The van der Waals surface area contributed by atoms with Gasteiger partial charge in [0.05, 0.1) is 10.2 Å². The Hall–Kier alpha value is -1.60. The van der Waals surface area contributed by atoms with E-state index in [-0.39, 0.29) is 0 Å². The molecule has 17 heavy (non-hydrogen) atoms. The van der Waals surface area contributed by atoms with Gasteiger partial charge in [0.25, 0.3) is 5.91 Å². The highest BCUT2D eigenvalue weighted by Gasteiger charge is 2.05. The molecule has 0 atom stereocenters. The number of anilines is 1. The predicted molar refractivity (Wildman–Crippen MR) is 70.3 cm³/mol. The number of nitrogens with one attached hydrogen (secondary N) is 1. The SMILES string of the molecule is CSc1nc2ccc(NC(=O)/C=N\O)cc2s1. The Morgan fingerprint density at radius 2 is 2.47 bits per heavy atom. The van der Waals surface area contributed by atoms with Crippen LogP contribution in [0.4, 0.5) is 5.69 Å². The third kappa shape index (κ3) is 2.75. The lowest BCUT2D eigenvalue weighted by Gasteiger charge is -2.00. The van der Waals surface area contributed by atoms with Crippen molar-refractivity contribution in [1.29, 1.82) is 0 Å². The zero-order valence-electron chi connectivity index (χ0n) is 8.88. The lowest BCUT2D eigenvalue weighted by Crippen LogP contribution is -2.12. The van der Waals surface area contributed by atoms with Crippen LogP contribution in [0.3, 0.4) is 0 Å². The third-order valence-electron chi connectivity index (χ3n) is 1.99. The number of amides is 1. The fraction of sp³-hybridized carbons (Fsp3) is 0.100. The van der Waals surface area contributed by atoms with Gasteiger partial charge in [0.2, 0.25) is 0 Å². The minimum absolute atomic E-state index is 0.471. The summed E-state index contributed by atoms with van der Waals surface area (Å²) in [6, 6.07) is 5.45. The molecule has 0 aliphatic heterocycles. The molecule has 0 bridgehead atoms. The Balaban J connectivity index is 2.27. The van der Waals surface area contributed by atoms with Gasteiger partial charge < -0.3 is 10.5 Å². The van der Waals surface area contributed by atoms with Crippen molar-refractivity contribution in [3.8, 4) is 0 Å². The van der Waals surface area contributed by atoms with E-state index in [0.29, 0.717) is 5.69 Å². The summed E-state index contributed by atoms with van der Waals surface area (Å²) in [7, 11) is 0. The predicted octanol–water partition coefficient (Wildman–Crippen LogP) is 2.42. The number of nitrogens with zero attached hydrogens (tertiary/aromatic N) is 2. The largest absolute Gasteiger partial charge is 0.411 e. The second kappa shape index (κ2) is 5.15. The van der Waals surface area contributed by atoms with Crippen LogP contribution < -0.4 is 5.32 Å². The van der Waals surface area contributed by atoms with Crippen LogP contribution in [0.5, 0.6) is 0 Å². The summed E-state index contributed by atoms with van der Waals surface area (Å²) in [6.45, 7) is 0. The number of thiazole rings is 1. The van der Waals surface area contributed by atoms with Crippen molar-refractivity contribution in [2.45, 2.75) is 4.34 Å². The number of oxime groups is 1. The Morgan fingerprint density at radius 1 is 1.65 bits per heavy atom. The topological polar surface area (TPSA) is 74.6 Å². The van der Waals surface area contributed by atoms with Crippen molar-refractivity contribution in [3.63, 3.8) is 0 Å². The highest BCUT2D eigenvalue weighted by molar-refractivity contribution is 8.00. The number of hydrogen-bond acceptors (Lipinski definition) is 6. The Labute approximate surface area is 106 Å². The average molecular weight is 267 g/mol.